The summed E-state index contributed by atoms with van der Waals surface area (Å²) in [5.41, 5.74) is 24.9. The number of nitrogens with zero attached hydrogens (tertiary/aromatic N) is 2. The van der Waals surface area contributed by atoms with E-state index < -0.39 is 0 Å². The maximum atomic E-state index is 6.56. The summed E-state index contributed by atoms with van der Waals surface area (Å²) >= 11 is 0. The van der Waals surface area contributed by atoms with Crippen molar-refractivity contribution in [2.75, 3.05) is 9.80 Å². The zero-order chi connectivity index (χ0) is 49.0. The van der Waals surface area contributed by atoms with Crippen molar-refractivity contribution in [1.82, 2.24) is 0 Å². The van der Waals surface area contributed by atoms with E-state index in [1.165, 1.54) is 61.4 Å². The summed E-state index contributed by atoms with van der Waals surface area (Å²) in [6.07, 6.45) is 2.30. The average Bonchev–Trinajstić information content (AvgIpc) is 3.97. The number of benzene rings is 9. The van der Waals surface area contributed by atoms with Gasteiger partial charge in [-0.25, -0.2) is 0 Å². The Morgan fingerprint density at radius 2 is 0.931 bits per heavy atom. The zero-order valence-corrected chi connectivity index (χ0v) is 42.4. The Bertz CT molecular complexity index is 4030. The molecule has 0 fully saturated rings. The first-order valence-corrected chi connectivity index (χ1v) is 25.8. The van der Waals surface area contributed by atoms with Crippen molar-refractivity contribution < 1.29 is 8.83 Å². The average molecular weight is 933 g/mol. The fraction of sp³-hybridized carbons (Fsp3) is 0.194. The molecule has 0 radical (unpaired) electrons. The predicted molar refractivity (Wildman–Crippen MR) is 305 cm³/mol. The molecule has 4 heterocycles. The summed E-state index contributed by atoms with van der Waals surface area (Å²) in [4.78, 5) is 5.15. The smallest absolute Gasteiger partial charge is 0.252 e. The van der Waals surface area contributed by atoms with Gasteiger partial charge in [-0.3, -0.25) is 0 Å². The van der Waals surface area contributed by atoms with Crippen molar-refractivity contribution in [3.8, 4) is 22.3 Å². The van der Waals surface area contributed by atoms with Crippen LogP contribution in [-0.4, -0.2) is 6.71 Å². The highest BCUT2D eigenvalue weighted by molar-refractivity contribution is 7.00. The van der Waals surface area contributed by atoms with Gasteiger partial charge in [0.1, 0.15) is 22.3 Å². The van der Waals surface area contributed by atoms with Crippen molar-refractivity contribution in [2.45, 2.75) is 84.5 Å². The van der Waals surface area contributed by atoms with Crippen molar-refractivity contribution in [2.24, 2.45) is 0 Å². The van der Waals surface area contributed by atoms with Crippen LogP contribution in [0.2, 0.25) is 0 Å². The summed E-state index contributed by atoms with van der Waals surface area (Å²) in [5, 5.41) is 4.57. The lowest BCUT2D eigenvalue weighted by Crippen LogP contribution is -2.62. The summed E-state index contributed by atoms with van der Waals surface area (Å²) in [7, 11) is 0. The van der Waals surface area contributed by atoms with Gasteiger partial charge in [-0.1, -0.05) is 164 Å². The Hall–Kier alpha value is -7.76. The van der Waals surface area contributed by atoms with Crippen molar-refractivity contribution in [3.05, 3.63) is 198 Å². The third-order valence-corrected chi connectivity index (χ3v) is 16.7. The largest absolute Gasteiger partial charge is 0.455 e. The Morgan fingerprint density at radius 3 is 1.44 bits per heavy atom. The minimum absolute atomic E-state index is 0.0168. The van der Waals surface area contributed by atoms with Crippen LogP contribution in [-0.2, 0) is 16.2 Å². The Kier molecular flexibility index (Phi) is 9.05. The molecule has 1 aliphatic carbocycles. The predicted octanol–water partition coefficient (Wildman–Crippen LogP) is 16.9. The molecule has 11 aromatic rings. The van der Waals surface area contributed by atoms with Crippen molar-refractivity contribution >= 4 is 101 Å². The maximum Gasteiger partial charge on any atom is 0.252 e. The molecule has 72 heavy (non-hydrogen) atoms. The Balaban J connectivity index is 0.985. The topological polar surface area (TPSA) is 32.8 Å². The van der Waals surface area contributed by atoms with E-state index in [-0.39, 0.29) is 23.0 Å². The van der Waals surface area contributed by atoms with E-state index in [4.69, 9.17) is 8.83 Å². The first kappa shape index (κ1) is 43.1. The van der Waals surface area contributed by atoms with E-state index in [0.717, 1.165) is 90.3 Å². The number of para-hydroxylation sites is 4. The molecule has 0 unspecified atom stereocenters. The highest BCUT2D eigenvalue weighted by Crippen LogP contribution is 2.51. The Labute approximate surface area is 422 Å². The van der Waals surface area contributed by atoms with E-state index in [0.29, 0.717) is 0 Å². The van der Waals surface area contributed by atoms with Gasteiger partial charge >= 0.3 is 0 Å². The van der Waals surface area contributed by atoms with Crippen molar-refractivity contribution in [3.63, 3.8) is 0 Å². The minimum atomic E-state index is -0.0497. The molecule has 4 nitrogen and oxygen atoms in total. The molecule has 9 aromatic carbocycles. The van der Waals surface area contributed by atoms with Gasteiger partial charge in [0.05, 0.1) is 0 Å². The highest BCUT2D eigenvalue weighted by atomic mass is 16.3. The van der Waals surface area contributed by atoms with Crippen LogP contribution < -0.4 is 26.2 Å². The van der Waals surface area contributed by atoms with Crippen molar-refractivity contribution in [1.29, 1.82) is 0 Å². The monoisotopic (exact) mass is 932 g/mol. The summed E-state index contributed by atoms with van der Waals surface area (Å²) in [6, 6.07) is 65.6. The molecule has 0 amide bonds. The fourth-order valence-electron chi connectivity index (χ4n) is 12.7. The fourth-order valence-corrected chi connectivity index (χ4v) is 12.7. The molecule has 2 aromatic heterocycles. The van der Waals surface area contributed by atoms with Crippen LogP contribution in [0.5, 0.6) is 0 Å². The molecule has 14 rings (SSSR count). The van der Waals surface area contributed by atoms with Crippen LogP contribution >= 0.6 is 0 Å². The number of aryl methyl sites for hydroxylation is 1. The molecule has 0 bridgehead atoms. The van der Waals surface area contributed by atoms with Gasteiger partial charge in [-0.15, -0.1) is 0 Å². The summed E-state index contributed by atoms with van der Waals surface area (Å²) in [5.74, 6) is 0. The van der Waals surface area contributed by atoms with E-state index in [1.807, 2.05) is 12.1 Å². The quantitative estimate of drug-likeness (QED) is 0.165. The zero-order valence-electron chi connectivity index (χ0n) is 42.4. The lowest BCUT2D eigenvalue weighted by molar-refractivity contribution is 0.332. The van der Waals surface area contributed by atoms with Gasteiger partial charge < -0.3 is 18.6 Å². The number of hydrogen-bond donors (Lipinski definition) is 0. The Morgan fingerprint density at radius 1 is 0.458 bits per heavy atom. The second kappa shape index (κ2) is 15.1. The first-order valence-electron chi connectivity index (χ1n) is 25.8. The standard InChI is InChI=1S/C67H57BN2O2/c1-40-35-58-62-59(36-40)70(45-30-25-42(26-31-45)47-18-14-20-51-49-16-10-12-22-61(49)72-64(47)51)57-39-53-52(66(5,6)33-34-67(53,7)8)38-55(57)68(62)54-32-27-43(65(2,3)4)37-56(54)69(58)44-28-23-41(24-29-44)46-17-13-19-50-48-15-9-11-21-60(48)71-63(46)50/h9-32,35-39H,33-34H2,1-8H3. The van der Waals surface area contributed by atoms with E-state index in [9.17, 15) is 0 Å². The van der Waals surface area contributed by atoms with Crippen LogP contribution in [0.15, 0.2) is 185 Å². The normalized spacial score (nSPS) is 15.5. The third-order valence-electron chi connectivity index (χ3n) is 16.7. The molecular weight excluding hydrogens is 876 g/mol. The van der Waals surface area contributed by atoms with E-state index in [1.54, 1.807) is 0 Å². The molecule has 0 saturated heterocycles. The molecule has 0 saturated carbocycles. The van der Waals surface area contributed by atoms with Crippen LogP contribution in [0.3, 0.4) is 0 Å². The lowest BCUT2D eigenvalue weighted by Gasteiger charge is -2.47. The third kappa shape index (κ3) is 6.32. The highest BCUT2D eigenvalue weighted by Gasteiger charge is 2.46. The molecule has 2 aliphatic heterocycles. The second-order valence-electron chi connectivity index (χ2n) is 23.2. The summed E-state index contributed by atoms with van der Waals surface area (Å²) in [6.45, 7) is 19.1. The van der Waals surface area contributed by atoms with Gasteiger partial charge in [0.15, 0.2) is 0 Å². The van der Waals surface area contributed by atoms with Crippen LogP contribution in [0.1, 0.15) is 83.6 Å². The molecule has 5 heteroatoms. The number of anilines is 6. The van der Waals surface area contributed by atoms with Gasteiger partial charge in [0, 0.05) is 66.8 Å². The number of hydrogen-bond acceptors (Lipinski definition) is 4. The number of fused-ring (bicyclic) bond motifs is 11. The second-order valence-corrected chi connectivity index (χ2v) is 23.2. The maximum absolute atomic E-state index is 6.56. The molecule has 0 atom stereocenters. The minimum Gasteiger partial charge on any atom is -0.455 e. The number of furan rings is 2. The van der Waals surface area contributed by atoms with Crippen LogP contribution in [0, 0.1) is 6.92 Å². The van der Waals surface area contributed by atoms with Gasteiger partial charge in [-0.2, -0.15) is 0 Å². The van der Waals surface area contributed by atoms with Gasteiger partial charge in [0.2, 0.25) is 0 Å². The molecule has 350 valence electrons. The molecule has 0 spiro atoms. The first-order chi connectivity index (χ1) is 34.7. The van der Waals surface area contributed by atoms with E-state index >= 15 is 0 Å². The SMILES string of the molecule is Cc1cc2c3c(c1)N(c1ccc(-c4cccc5c4oc4ccccc45)cc1)c1cc4c(cc1B3c1ccc(C(C)(C)C)cc1N2c1ccc(-c2cccc3c2oc2ccccc23)cc1)C(C)(C)CCC4(C)C. The van der Waals surface area contributed by atoms with Gasteiger partial charge in [-0.05, 0) is 146 Å². The summed E-state index contributed by atoms with van der Waals surface area (Å²) < 4.78 is 13.1. The van der Waals surface area contributed by atoms with Crippen LogP contribution in [0.25, 0.3) is 66.1 Å². The number of rotatable bonds is 4. The molecular formula is C67H57BN2O2. The van der Waals surface area contributed by atoms with Crippen LogP contribution in [0.4, 0.5) is 34.1 Å². The molecule has 0 N–H and O–H groups in total. The molecule has 3 aliphatic rings. The van der Waals surface area contributed by atoms with E-state index in [2.05, 4.69) is 229 Å². The lowest BCUT2D eigenvalue weighted by atomic mass is 9.33. The van der Waals surface area contributed by atoms with Gasteiger partial charge in [0.25, 0.3) is 6.71 Å².